The molecule has 1 amide bonds. The molecule has 0 unspecified atom stereocenters. The first-order valence-corrected chi connectivity index (χ1v) is 6.89. The van der Waals surface area contributed by atoms with Crippen LogP contribution in [0.3, 0.4) is 0 Å². The lowest BCUT2D eigenvalue weighted by Gasteiger charge is -2.20. The highest BCUT2D eigenvalue weighted by Crippen LogP contribution is 2.27. The summed E-state index contributed by atoms with van der Waals surface area (Å²) in [5.74, 6) is 1.14. The first kappa shape index (κ1) is 13.3. The second kappa shape index (κ2) is 6.69. The Bertz CT molecular complexity index is 405. The molecule has 2 rings (SSSR count). The molecule has 0 saturated heterocycles. The Labute approximate surface area is 112 Å². The maximum atomic E-state index is 11.7. The van der Waals surface area contributed by atoms with Gasteiger partial charge in [0.25, 0.3) is 0 Å². The summed E-state index contributed by atoms with van der Waals surface area (Å²) in [7, 11) is 0. The number of carbonyl (C=O) groups excluding carboxylic acids is 1. The number of amides is 1. The van der Waals surface area contributed by atoms with Crippen molar-refractivity contribution in [2.24, 2.45) is 5.92 Å². The fourth-order valence-electron chi connectivity index (χ4n) is 2.42. The average molecular weight is 268 g/mol. The lowest BCUT2D eigenvalue weighted by atomic mass is 9.86. The van der Waals surface area contributed by atoms with Crippen LogP contribution in [0.5, 0.6) is 0 Å². The third-order valence-corrected chi connectivity index (χ3v) is 3.56. The molecule has 0 atom stereocenters. The molecule has 1 saturated carbocycles. The summed E-state index contributed by atoms with van der Waals surface area (Å²) in [5.41, 5.74) is 0. The van der Waals surface area contributed by atoms with Gasteiger partial charge in [0.15, 0.2) is 5.82 Å². The van der Waals surface area contributed by atoms with Gasteiger partial charge in [-0.05, 0) is 12.3 Å². The summed E-state index contributed by atoms with van der Waals surface area (Å²) in [6.07, 6.45) is 11.0. The van der Waals surface area contributed by atoms with Gasteiger partial charge in [-0.15, -0.1) is 0 Å². The molecule has 1 aliphatic rings. The third-order valence-electron chi connectivity index (χ3n) is 3.38. The van der Waals surface area contributed by atoms with E-state index in [1.54, 1.807) is 0 Å². The summed E-state index contributed by atoms with van der Waals surface area (Å²) in [4.78, 5) is 19.6. The minimum absolute atomic E-state index is 0.00265. The number of anilines is 1. The molecular weight excluding hydrogens is 250 g/mol. The van der Waals surface area contributed by atoms with E-state index in [1.165, 1.54) is 44.5 Å². The van der Waals surface area contributed by atoms with Crippen LogP contribution < -0.4 is 5.32 Å². The number of hydrogen-bond acceptors (Lipinski definition) is 3. The number of nitrogens with zero attached hydrogens (tertiary/aromatic N) is 2. The predicted molar refractivity (Wildman–Crippen MR) is 71.5 cm³/mol. The molecule has 98 valence electrons. The number of hydrogen-bond donors (Lipinski definition) is 1. The van der Waals surface area contributed by atoms with Crippen molar-refractivity contribution in [2.45, 2.75) is 44.9 Å². The molecule has 0 bridgehead atoms. The molecule has 1 aliphatic carbocycles. The summed E-state index contributed by atoms with van der Waals surface area (Å²) in [5, 5.41) is 3.02. The molecule has 18 heavy (non-hydrogen) atoms. The number of halogens is 1. The van der Waals surface area contributed by atoms with Gasteiger partial charge in [0, 0.05) is 6.42 Å². The summed E-state index contributed by atoms with van der Waals surface area (Å²) in [6.45, 7) is 0. The van der Waals surface area contributed by atoms with Gasteiger partial charge in [-0.2, -0.15) is 0 Å². The van der Waals surface area contributed by atoms with Crippen LogP contribution in [0.2, 0.25) is 5.15 Å². The molecule has 4 nitrogen and oxygen atoms in total. The van der Waals surface area contributed by atoms with Crippen molar-refractivity contribution in [2.75, 3.05) is 5.32 Å². The Morgan fingerprint density at radius 2 is 2.11 bits per heavy atom. The van der Waals surface area contributed by atoms with Gasteiger partial charge < -0.3 is 5.32 Å². The van der Waals surface area contributed by atoms with Crippen LogP contribution in [-0.4, -0.2) is 15.9 Å². The topological polar surface area (TPSA) is 54.9 Å². The van der Waals surface area contributed by atoms with E-state index < -0.39 is 0 Å². The molecule has 0 aromatic carbocycles. The van der Waals surface area contributed by atoms with E-state index in [-0.39, 0.29) is 5.91 Å². The monoisotopic (exact) mass is 267 g/mol. The maximum absolute atomic E-state index is 11.7. The van der Waals surface area contributed by atoms with Crippen LogP contribution in [0.15, 0.2) is 12.4 Å². The zero-order valence-corrected chi connectivity index (χ0v) is 11.1. The lowest BCUT2D eigenvalue weighted by Crippen LogP contribution is -2.15. The molecular formula is C13H18ClN3O. The predicted octanol–water partition coefficient (Wildman–Crippen LogP) is 3.43. The molecule has 0 aliphatic heterocycles. The largest absolute Gasteiger partial charge is 0.309 e. The molecule has 0 spiro atoms. The van der Waals surface area contributed by atoms with Crippen molar-refractivity contribution in [3.8, 4) is 0 Å². The van der Waals surface area contributed by atoms with Crippen LogP contribution in [0.4, 0.5) is 5.82 Å². The first-order valence-electron chi connectivity index (χ1n) is 6.51. The van der Waals surface area contributed by atoms with Gasteiger partial charge in [0.05, 0.1) is 12.4 Å². The highest BCUT2D eigenvalue weighted by molar-refractivity contribution is 6.29. The number of nitrogens with one attached hydrogen (secondary N) is 1. The van der Waals surface area contributed by atoms with Gasteiger partial charge in [0.2, 0.25) is 5.91 Å². The Kier molecular flexibility index (Phi) is 4.93. The number of carbonyl (C=O) groups is 1. The highest BCUT2D eigenvalue weighted by atomic mass is 35.5. The van der Waals surface area contributed by atoms with Gasteiger partial charge in [-0.3, -0.25) is 9.78 Å². The van der Waals surface area contributed by atoms with E-state index in [1.807, 2.05) is 0 Å². The molecule has 1 aromatic rings. The van der Waals surface area contributed by atoms with Gasteiger partial charge in [0.1, 0.15) is 5.15 Å². The Morgan fingerprint density at radius 1 is 1.33 bits per heavy atom. The Balaban J connectivity index is 1.74. The molecule has 5 heteroatoms. The summed E-state index contributed by atoms with van der Waals surface area (Å²) in [6, 6.07) is 0. The smallest absolute Gasteiger partial charge is 0.225 e. The summed E-state index contributed by atoms with van der Waals surface area (Å²) < 4.78 is 0. The number of rotatable bonds is 4. The van der Waals surface area contributed by atoms with Crippen molar-refractivity contribution >= 4 is 23.3 Å². The second-order valence-corrected chi connectivity index (χ2v) is 5.21. The minimum atomic E-state index is -0.00265. The van der Waals surface area contributed by atoms with Crippen LogP contribution in [-0.2, 0) is 4.79 Å². The highest BCUT2D eigenvalue weighted by Gasteiger charge is 2.15. The number of aromatic nitrogens is 2. The average Bonchev–Trinajstić information content (AvgIpc) is 2.38. The molecule has 1 N–H and O–H groups in total. The minimum Gasteiger partial charge on any atom is -0.309 e. The van der Waals surface area contributed by atoms with E-state index in [0.29, 0.717) is 17.4 Å². The quantitative estimate of drug-likeness (QED) is 0.909. The zero-order valence-electron chi connectivity index (χ0n) is 10.4. The first-order chi connectivity index (χ1) is 8.74. The van der Waals surface area contributed by atoms with Gasteiger partial charge in [-0.25, -0.2) is 4.98 Å². The van der Waals surface area contributed by atoms with Gasteiger partial charge >= 0.3 is 0 Å². The van der Waals surface area contributed by atoms with E-state index in [4.69, 9.17) is 11.6 Å². The molecule has 1 aromatic heterocycles. The lowest BCUT2D eigenvalue weighted by molar-refractivity contribution is -0.116. The second-order valence-electron chi connectivity index (χ2n) is 4.82. The van der Waals surface area contributed by atoms with Crippen LogP contribution in [0.25, 0.3) is 0 Å². The van der Waals surface area contributed by atoms with Crippen molar-refractivity contribution < 1.29 is 4.79 Å². The van der Waals surface area contributed by atoms with Crippen molar-refractivity contribution in [1.29, 1.82) is 0 Å². The van der Waals surface area contributed by atoms with Crippen LogP contribution >= 0.6 is 11.6 Å². The molecule has 0 radical (unpaired) electrons. The Hall–Kier alpha value is -1.16. The molecule has 1 heterocycles. The van der Waals surface area contributed by atoms with Gasteiger partial charge in [-0.1, -0.05) is 43.7 Å². The fraction of sp³-hybridized carbons (Fsp3) is 0.615. The molecule has 1 fully saturated rings. The maximum Gasteiger partial charge on any atom is 0.225 e. The zero-order chi connectivity index (χ0) is 12.8. The van der Waals surface area contributed by atoms with E-state index in [0.717, 1.165) is 12.3 Å². The van der Waals surface area contributed by atoms with Crippen LogP contribution in [0.1, 0.15) is 44.9 Å². The van der Waals surface area contributed by atoms with Crippen molar-refractivity contribution in [3.05, 3.63) is 17.5 Å². The standard InChI is InChI=1S/C13H18ClN3O/c14-11-8-15-9-12(16-11)17-13(18)7-6-10-4-2-1-3-5-10/h8-10H,1-7H2,(H,16,17,18). The third kappa shape index (κ3) is 4.26. The van der Waals surface area contributed by atoms with Crippen molar-refractivity contribution in [3.63, 3.8) is 0 Å². The normalized spacial score (nSPS) is 16.5. The summed E-state index contributed by atoms with van der Waals surface area (Å²) >= 11 is 5.70. The van der Waals surface area contributed by atoms with Crippen LogP contribution in [0, 0.1) is 5.92 Å². The SMILES string of the molecule is O=C(CCC1CCCCC1)Nc1cncc(Cl)n1. The van der Waals surface area contributed by atoms with E-state index in [9.17, 15) is 4.79 Å². The van der Waals surface area contributed by atoms with Crippen molar-refractivity contribution in [1.82, 2.24) is 9.97 Å². The Morgan fingerprint density at radius 3 is 2.83 bits per heavy atom. The van der Waals surface area contributed by atoms with E-state index >= 15 is 0 Å². The van der Waals surface area contributed by atoms with E-state index in [2.05, 4.69) is 15.3 Å². The fourth-order valence-corrected chi connectivity index (χ4v) is 2.57.